The standard InChI is InChI=1S/C10H10FNO3/c1-15-10(14)7-4-2-3-5-8(7)12-9(13)6-11/h2-5H,6H2,1H3,(H,12,13). The van der Waals surface area contributed by atoms with Gasteiger partial charge in [-0.1, -0.05) is 12.1 Å². The Kier molecular flexibility index (Phi) is 3.79. The summed E-state index contributed by atoms with van der Waals surface area (Å²) in [5.41, 5.74) is 0.439. The summed E-state index contributed by atoms with van der Waals surface area (Å²) in [7, 11) is 1.23. The molecule has 0 fully saturated rings. The first-order valence-corrected chi connectivity index (χ1v) is 4.22. The number of methoxy groups -OCH3 is 1. The van der Waals surface area contributed by atoms with Crippen molar-refractivity contribution >= 4 is 17.6 Å². The van der Waals surface area contributed by atoms with Crippen LogP contribution in [0.1, 0.15) is 10.4 Å². The van der Waals surface area contributed by atoms with Gasteiger partial charge in [0.2, 0.25) is 0 Å². The fourth-order valence-electron chi connectivity index (χ4n) is 1.06. The fourth-order valence-corrected chi connectivity index (χ4v) is 1.06. The SMILES string of the molecule is COC(=O)c1ccccc1NC(=O)CF. The molecular formula is C10H10FNO3. The average molecular weight is 211 g/mol. The number of alkyl halides is 1. The van der Waals surface area contributed by atoms with E-state index >= 15 is 0 Å². The number of para-hydroxylation sites is 1. The zero-order valence-corrected chi connectivity index (χ0v) is 8.12. The molecule has 15 heavy (non-hydrogen) atoms. The highest BCUT2D eigenvalue weighted by Gasteiger charge is 2.12. The normalized spacial score (nSPS) is 9.47. The molecule has 5 heteroatoms. The Hall–Kier alpha value is -1.91. The molecule has 1 rings (SSSR count). The first-order chi connectivity index (χ1) is 7.19. The lowest BCUT2D eigenvalue weighted by Gasteiger charge is -2.07. The summed E-state index contributed by atoms with van der Waals surface area (Å²) in [4.78, 5) is 22.0. The Morgan fingerprint density at radius 3 is 2.67 bits per heavy atom. The van der Waals surface area contributed by atoms with Gasteiger partial charge in [-0.25, -0.2) is 9.18 Å². The van der Waals surface area contributed by atoms with E-state index in [1.54, 1.807) is 12.1 Å². The second kappa shape index (κ2) is 5.09. The number of rotatable bonds is 3. The minimum absolute atomic E-state index is 0.196. The third-order valence-corrected chi connectivity index (χ3v) is 1.73. The molecule has 80 valence electrons. The number of amides is 1. The first kappa shape index (κ1) is 11.2. The Balaban J connectivity index is 2.96. The Labute approximate surface area is 86.0 Å². The van der Waals surface area contributed by atoms with Crippen LogP contribution in [-0.2, 0) is 9.53 Å². The largest absolute Gasteiger partial charge is 0.465 e. The van der Waals surface area contributed by atoms with Crippen molar-refractivity contribution in [2.75, 3.05) is 19.1 Å². The van der Waals surface area contributed by atoms with Gasteiger partial charge in [-0.05, 0) is 12.1 Å². The molecule has 4 nitrogen and oxygen atoms in total. The Bertz CT molecular complexity index is 379. The van der Waals surface area contributed by atoms with Crippen molar-refractivity contribution in [3.05, 3.63) is 29.8 Å². The minimum Gasteiger partial charge on any atom is -0.465 e. The van der Waals surface area contributed by atoms with Crippen LogP contribution in [0.4, 0.5) is 10.1 Å². The van der Waals surface area contributed by atoms with Crippen molar-refractivity contribution in [2.45, 2.75) is 0 Å². The highest BCUT2D eigenvalue weighted by Crippen LogP contribution is 2.15. The van der Waals surface area contributed by atoms with Crippen LogP contribution >= 0.6 is 0 Å². The summed E-state index contributed by atoms with van der Waals surface area (Å²) in [5, 5.41) is 2.26. The highest BCUT2D eigenvalue weighted by atomic mass is 19.1. The van der Waals surface area contributed by atoms with E-state index in [1.807, 2.05) is 0 Å². The zero-order valence-electron chi connectivity index (χ0n) is 8.12. The molecule has 0 atom stereocenters. The lowest BCUT2D eigenvalue weighted by Crippen LogP contribution is -2.16. The van der Waals surface area contributed by atoms with Crippen LogP contribution in [0.2, 0.25) is 0 Å². The summed E-state index contributed by atoms with van der Waals surface area (Å²) in [6, 6.07) is 6.23. The maximum absolute atomic E-state index is 12.0. The zero-order chi connectivity index (χ0) is 11.3. The van der Waals surface area contributed by atoms with E-state index in [0.29, 0.717) is 0 Å². The third-order valence-electron chi connectivity index (χ3n) is 1.73. The quantitative estimate of drug-likeness (QED) is 0.768. The van der Waals surface area contributed by atoms with Gasteiger partial charge in [0.25, 0.3) is 5.91 Å². The van der Waals surface area contributed by atoms with Gasteiger partial charge in [0, 0.05) is 0 Å². The number of carbonyl (C=O) groups excluding carboxylic acids is 2. The van der Waals surface area contributed by atoms with Crippen LogP contribution in [0.15, 0.2) is 24.3 Å². The molecule has 0 aliphatic rings. The van der Waals surface area contributed by atoms with Crippen molar-refractivity contribution in [2.24, 2.45) is 0 Å². The molecule has 0 saturated carbocycles. The maximum Gasteiger partial charge on any atom is 0.339 e. The molecule has 1 amide bonds. The van der Waals surface area contributed by atoms with E-state index in [4.69, 9.17) is 0 Å². The van der Waals surface area contributed by atoms with E-state index in [2.05, 4.69) is 10.1 Å². The first-order valence-electron chi connectivity index (χ1n) is 4.22. The number of esters is 1. The molecule has 0 aliphatic carbocycles. The van der Waals surface area contributed by atoms with Crippen molar-refractivity contribution in [1.29, 1.82) is 0 Å². The van der Waals surface area contributed by atoms with E-state index in [-0.39, 0.29) is 11.3 Å². The number of halogens is 1. The predicted octanol–water partition coefficient (Wildman–Crippen LogP) is 1.38. The number of hydrogen-bond donors (Lipinski definition) is 1. The predicted molar refractivity (Wildman–Crippen MR) is 52.4 cm³/mol. The smallest absolute Gasteiger partial charge is 0.339 e. The summed E-state index contributed by atoms with van der Waals surface area (Å²) >= 11 is 0. The molecule has 0 aromatic heterocycles. The van der Waals surface area contributed by atoms with Crippen LogP contribution in [-0.4, -0.2) is 25.7 Å². The molecule has 0 heterocycles. The van der Waals surface area contributed by atoms with Gasteiger partial charge in [0.1, 0.15) is 0 Å². The summed E-state index contributed by atoms with van der Waals surface area (Å²) in [6.45, 7) is -1.13. The molecule has 0 spiro atoms. The van der Waals surface area contributed by atoms with E-state index in [0.717, 1.165) is 0 Å². The van der Waals surface area contributed by atoms with Gasteiger partial charge in [0.15, 0.2) is 6.67 Å². The summed E-state index contributed by atoms with van der Waals surface area (Å²) in [5.74, 6) is -1.38. The summed E-state index contributed by atoms with van der Waals surface area (Å²) in [6.07, 6.45) is 0. The van der Waals surface area contributed by atoms with Gasteiger partial charge < -0.3 is 10.1 Å². The van der Waals surface area contributed by atoms with Gasteiger partial charge in [-0.15, -0.1) is 0 Å². The fraction of sp³-hybridized carbons (Fsp3) is 0.200. The number of nitrogens with one attached hydrogen (secondary N) is 1. The molecule has 1 aromatic rings. The Morgan fingerprint density at radius 1 is 1.40 bits per heavy atom. The van der Waals surface area contributed by atoms with Crippen molar-refractivity contribution in [3.63, 3.8) is 0 Å². The molecule has 1 aromatic carbocycles. The second-order valence-corrected chi connectivity index (χ2v) is 2.72. The lowest BCUT2D eigenvalue weighted by atomic mass is 10.2. The number of ether oxygens (including phenoxy) is 1. The van der Waals surface area contributed by atoms with E-state index < -0.39 is 18.6 Å². The second-order valence-electron chi connectivity index (χ2n) is 2.72. The van der Waals surface area contributed by atoms with Crippen LogP contribution < -0.4 is 5.32 Å². The number of anilines is 1. The topological polar surface area (TPSA) is 55.4 Å². The summed E-state index contributed by atoms with van der Waals surface area (Å²) < 4.78 is 16.5. The van der Waals surface area contributed by atoms with Crippen LogP contribution in [0.25, 0.3) is 0 Å². The van der Waals surface area contributed by atoms with Crippen LogP contribution in [0, 0.1) is 0 Å². The van der Waals surface area contributed by atoms with Crippen molar-refractivity contribution in [3.8, 4) is 0 Å². The van der Waals surface area contributed by atoms with Gasteiger partial charge in [-0.3, -0.25) is 4.79 Å². The molecule has 0 aliphatic heterocycles. The molecular weight excluding hydrogens is 201 g/mol. The van der Waals surface area contributed by atoms with Crippen molar-refractivity contribution < 1.29 is 18.7 Å². The molecule has 0 bridgehead atoms. The number of carbonyl (C=O) groups is 2. The van der Waals surface area contributed by atoms with Gasteiger partial charge >= 0.3 is 5.97 Å². The number of hydrogen-bond acceptors (Lipinski definition) is 3. The highest BCUT2D eigenvalue weighted by molar-refractivity contribution is 6.01. The lowest BCUT2D eigenvalue weighted by molar-refractivity contribution is -0.117. The van der Waals surface area contributed by atoms with Crippen LogP contribution in [0.5, 0.6) is 0 Å². The molecule has 0 unspecified atom stereocenters. The van der Waals surface area contributed by atoms with Gasteiger partial charge in [-0.2, -0.15) is 0 Å². The molecule has 1 N–H and O–H groups in total. The van der Waals surface area contributed by atoms with Crippen molar-refractivity contribution in [1.82, 2.24) is 0 Å². The number of benzene rings is 1. The molecule has 0 saturated heterocycles. The molecule has 0 radical (unpaired) electrons. The maximum atomic E-state index is 12.0. The third kappa shape index (κ3) is 2.77. The average Bonchev–Trinajstić information content (AvgIpc) is 2.28. The van der Waals surface area contributed by atoms with Gasteiger partial charge in [0.05, 0.1) is 18.4 Å². The van der Waals surface area contributed by atoms with Crippen LogP contribution in [0.3, 0.4) is 0 Å². The minimum atomic E-state index is -1.13. The monoisotopic (exact) mass is 211 g/mol. The van der Waals surface area contributed by atoms with E-state index in [9.17, 15) is 14.0 Å². The van der Waals surface area contributed by atoms with E-state index in [1.165, 1.54) is 19.2 Å². The Morgan fingerprint density at radius 2 is 2.07 bits per heavy atom.